The number of hydrogen-bond donors (Lipinski definition) is 1. The van der Waals surface area contributed by atoms with Crippen molar-refractivity contribution in [3.63, 3.8) is 0 Å². The van der Waals surface area contributed by atoms with Gasteiger partial charge in [-0.2, -0.15) is 0 Å². The third-order valence-corrected chi connectivity index (χ3v) is 4.99. The van der Waals surface area contributed by atoms with Crippen molar-refractivity contribution >= 4 is 12.0 Å². The standard InChI is InChI=1S/C22H33NO2/c1-25-21-16-13-19(14-17-21)15-18-22(24)23-20-11-9-7-5-3-2-4-6-8-10-12-20/h13-18,20H,2-12H2,1H3,(H,23,24). The monoisotopic (exact) mass is 343 g/mol. The zero-order valence-corrected chi connectivity index (χ0v) is 15.6. The van der Waals surface area contributed by atoms with Crippen molar-refractivity contribution in [1.82, 2.24) is 5.32 Å². The van der Waals surface area contributed by atoms with Crippen molar-refractivity contribution in [1.29, 1.82) is 0 Å². The minimum Gasteiger partial charge on any atom is -0.497 e. The summed E-state index contributed by atoms with van der Waals surface area (Å²) in [5.41, 5.74) is 1.01. The van der Waals surface area contributed by atoms with Crippen molar-refractivity contribution in [2.75, 3.05) is 7.11 Å². The highest BCUT2D eigenvalue weighted by atomic mass is 16.5. The lowest BCUT2D eigenvalue weighted by Gasteiger charge is -2.18. The zero-order chi connectivity index (χ0) is 17.7. The molecule has 25 heavy (non-hydrogen) atoms. The predicted molar refractivity (Wildman–Crippen MR) is 105 cm³/mol. The van der Waals surface area contributed by atoms with Crippen LogP contribution in [0.25, 0.3) is 6.08 Å². The van der Waals surface area contributed by atoms with Crippen LogP contribution in [-0.2, 0) is 4.79 Å². The molecule has 0 spiro atoms. The Hall–Kier alpha value is -1.77. The highest BCUT2D eigenvalue weighted by molar-refractivity contribution is 5.91. The van der Waals surface area contributed by atoms with Crippen LogP contribution in [0, 0.1) is 0 Å². The molecule has 1 aromatic rings. The lowest BCUT2D eigenvalue weighted by molar-refractivity contribution is -0.117. The van der Waals surface area contributed by atoms with Crippen molar-refractivity contribution < 1.29 is 9.53 Å². The van der Waals surface area contributed by atoms with Crippen LogP contribution in [-0.4, -0.2) is 19.1 Å². The molecule has 1 saturated carbocycles. The Labute approximate surface area is 152 Å². The average molecular weight is 344 g/mol. The lowest BCUT2D eigenvalue weighted by Crippen LogP contribution is -2.33. The van der Waals surface area contributed by atoms with Gasteiger partial charge in [-0.05, 0) is 36.6 Å². The first kappa shape index (κ1) is 19.6. The number of methoxy groups -OCH3 is 1. The molecule has 3 heteroatoms. The Balaban J connectivity index is 1.81. The largest absolute Gasteiger partial charge is 0.497 e. The van der Waals surface area contributed by atoms with Crippen LogP contribution >= 0.6 is 0 Å². The van der Waals surface area contributed by atoms with E-state index in [2.05, 4.69) is 5.32 Å². The first-order valence-electron chi connectivity index (χ1n) is 9.90. The van der Waals surface area contributed by atoms with Crippen molar-refractivity contribution in [2.45, 2.75) is 76.7 Å². The van der Waals surface area contributed by atoms with Crippen molar-refractivity contribution in [2.24, 2.45) is 0 Å². The summed E-state index contributed by atoms with van der Waals surface area (Å²) < 4.78 is 5.15. The molecule has 0 saturated heterocycles. The lowest BCUT2D eigenvalue weighted by atomic mass is 9.98. The third kappa shape index (κ3) is 8.24. The number of hydrogen-bond acceptors (Lipinski definition) is 2. The zero-order valence-electron chi connectivity index (χ0n) is 15.6. The Morgan fingerprint density at radius 2 is 1.44 bits per heavy atom. The molecular weight excluding hydrogens is 310 g/mol. The maximum absolute atomic E-state index is 12.3. The number of rotatable bonds is 4. The summed E-state index contributed by atoms with van der Waals surface area (Å²) in [6, 6.07) is 8.05. The third-order valence-electron chi connectivity index (χ3n) is 4.99. The van der Waals surface area contributed by atoms with Crippen LogP contribution in [0.5, 0.6) is 5.75 Å². The smallest absolute Gasteiger partial charge is 0.244 e. The summed E-state index contributed by atoms with van der Waals surface area (Å²) in [5, 5.41) is 3.21. The van der Waals surface area contributed by atoms with Gasteiger partial charge in [-0.25, -0.2) is 0 Å². The minimum absolute atomic E-state index is 0.0212. The fraction of sp³-hybridized carbons (Fsp3) is 0.591. The average Bonchev–Trinajstić information content (AvgIpc) is 2.62. The molecule has 3 nitrogen and oxygen atoms in total. The Bertz CT molecular complexity index is 509. The predicted octanol–water partition coefficient (Wildman–Crippen LogP) is 5.50. The molecule has 0 aromatic heterocycles. The van der Waals surface area contributed by atoms with Gasteiger partial charge in [0, 0.05) is 12.1 Å². The van der Waals surface area contributed by atoms with Gasteiger partial charge in [-0.15, -0.1) is 0 Å². The summed E-state index contributed by atoms with van der Waals surface area (Å²) in [6.45, 7) is 0. The minimum atomic E-state index is 0.0212. The highest BCUT2D eigenvalue weighted by Gasteiger charge is 2.11. The maximum atomic E-state index is 12.3. The molecule has 0 aliphatic heterocycles. The van der Waals surface area contributed by atoms with E-state index in [0.717, 1.165) is 24.2 Å². The van der Waals surface area contributed by atoms with E-state index in [0.29, 0.717) is 6.04 Å². The van der Waals surface area contributed by atoms with Gasteiger partial charge in [0.25, 0.3) is 0 Å². The molecule has 0 heterocycles. The summed E-state index contributed by atoms with van der Waals surface area (Å²) in [5.74, 6) is 0.850. The van der Waals surface area contributed by atoms with Gasteiger partial charge in [0.2, 0.25) is 5.91 Å². The van der Waals surface area contributed by atoms with Crippen LogP contribution in [0.15, 0.2) is 30.3 Å². The highest BCUT2D eigenvalue weighted by Crippen LogP contribution is 2.17. The Morgan fingerprint density at radius 1 is 0.920 bits per heavy atom. The van der Waals surface area contributed by atoms with Gasteiger partial charge in [-0.3, -0.25) is 4.79 Å². The van der Waals surface area contributed by atoms with E-state index in [1.54, 1.807) is 13.2 Å². The van der Waals surface area contributed by atoms with Crippen LogP contribution in [0.1, 0.15) is 76.2 Å². The van der Waals surface area contributed by atoms with Crippen LogP contribution < -0.4 is 10.1 Å². The molecular formula is C22H33NO2. The van der Waals surface area contributed by atoms with E-state index in [1.807, 2.05) is 30.3 Å². The molecule has 2 rings (SSSR count). The second-order valence-electron chi connectivity index (χ2n) is 7.07. The first-order valence-corrected chi connectivity index (χ1v) is 9.90. The summed E-state index contributed by atoms with van der Waals surface area (Å²) in [7, 11) is 1.65. The van der Waals surface area contributed by atoms with E-state index < -0.39 is 0 Å². The molecule has 1 aliphatic carbocycles. The first-order chi connectivity index (χ1) is 12.3. The molecule has 0 radical (unpaired) electrons. The molecule has 1 N–H and O–H groups in total. The van der Waals surface area contributed by atoms with E-state index in [9.17, 15) is 4.79 Å². The van der Waals surface area contributed by atoms with Gasteiger partial charge < -0.3 is 10.1 Å². The Kier molecular flexibility index (Phi) is 9.17. The fourth-order valence-corrected chi connectivity index (χ4v) is 3.44. The maximum Gasteiger partial charge on any atom is 0.244 e. The van der Waals surface area contributed by atoms with E-state index >= 15 is 0 Å². The van der Waals surface area contributed by atoms with Gasteiger partial charge in [0.1, 0.15) is 5.75 Å². The topological polar surface area (TPSA) is 38.3 Å². The number of carbonyl (C=O) groups excluding carboxylic acids is 1. The van der Waals surface area contributed by atoms with Crippen molar-refractivity contribution in [3.05, 3.63) is 35.9 Å². The van der Waals surface area contributed by atoms with Crippen LogP contribution in [0.3, 0.4) is 0 Å². The second kappa shape index (κ2) is 11.7. The fourth-order valence-electron chi connectivity index (χ4n) is 3.44. The van der Waals surface area contributed by atoms with Crippen LogP contribution in [0.2, 0.25) is 0 Å². The molecule has 138 valence electrons. The molecule has 0 unspecified atom stereocenters. The number of nitrogens with one attached hydrogen (secondary N) is 1. The normalized spacial score (nSPS) is 18.3. The molecule has 1 aliphatic rings. The number of amides is 1. The number of ether oxygens (including phenoxy) is 1. The van der Waals surface area contributed by atoms with Crippen molar-refractivity contribution in [3.8, 4) is 5.75 Å². The number of benzene rings is 1. The Morgan fingerprint density at radius 3 is 1.96 bits per heavy atom. The molecule has 1 fully saturated rings. The SMILES string of the molecule is COc1ccc(C=CC(=O)NC2CCCCCCCCCCC2)cc1. The second-order valence-corrected chi connectivity index (χ2v) is 7.07. The quantitative estimate of drug-likeness (QED) is 0.733. The van der Waals surface area contributed by atoms with Gasteiger partial charge in [0.15, 0.2) is 0 Å². The molecule has 1 aromatic carbocycles. The molecule has 0 atom stereocenters. The van der Waals surface area contributed by atoms with E-state index in [4.69, 9.17) is 4.74 Å². The van der Waals surface area contributed by atoms with E-state index in [-0.39, 0.29) is 5.91 Å². The van der Waals surface area contributed by atoms with Gasteiger partial charge in [-0.1, -0.05) is 69.9 Å². The number of carbonyl (C=O) groups is 1. The van der Waals surface area contributed by atoms with Gasteiger partial charge >= 0.3 is 0 Å². The van der Waals surface area contributed by atoms with Gasteiger partial charge in [0.05, 0.1) is 7.11 Å². The molecule has 0 bridgehead atoms. The van der Waals surface area contributed by atoms with Crippen LogP contribution in [0.4, 0.5) is 0 Å². The summed E-state index contributed by atoms with van der Waals surface area (Å²) >= 11 is 0. The summed E-state index contributed by atoms with van der Waals surface area (Å²) in [4.78, 5) is 12.3. The summed E-state index contributed by atoms with van der Waals surface area (Å²) in [6.07, 6.45) is 17.6. The van der Waals surface area contributed by atoms with E-state index in [1.165, 1.54) is 57.8 Å². The molecule has 1 amide bonds.